The molecule has 0 spiro atoms. The van der Waals surface area contributed by atoms with Crippen molar-refractivity contribution < 1.29 is 14.2 Å². The number of methoxy groups -OCH3 is 1. The van der Waals surface area contributed by atoms with Crippen LogP contribution in [0.1, 0.15) is 13.8 Å². The lowest BCUT2D eigenvalue weighted by molar-refractivity contribution is 0.325. The summed E-state index contributed by atoms with van der Waals surface area (Å²) in [5, 5.41) is 9.14. The van der Waals surface area contributed by atoms with Gasteiger partial charge in [-0.2, -0.15) is 0 Å². The minimum atomic E-state index is 0.356. The zero-order chi connectivity index (χ0) is 16.7. The molecule has 5 nitrogen and oxygen atoms in total. The average Bonchev–Trinajstić information content (AvgIpc) is 2.58. The summed E-state index contributed by atoms with van der Waals surface area (Å²) in [4.78, 5) is 5.21. The predicted molar refractivity (Wildman–Crippen MR) is 90.6 cm³/mol. The third-order valence-electron chi connectivity index (χ3n) is 3.02. The van der Waals surface area contributed by atoms with Gasteiger partial charge in [0.15, 0.2) is 4.98 Å². The van der Waals surface area contributed by atoms with Gasteiger partial charge in [0.1, 0.15) is 11.5 Å². The molecule has 0 radical (unpaired) electrons. The van der Waals surface area contributed by atoms with Crippen molar-refractivity contribution in [2.45, 2.75) is 23.6 Å². The molecule has 23 heavy (non-hydrogen) atoms. The fourth-order valence-electron chi connectivity index (χ4n) is 2.00. The Morgan fingerprint density at radius 2 is 1.65 bits per heavy atom. The second kappa shape index (κ2) is 8.30. The summed E-state index contributed by atoms with van der Waals surface area (Å²) in [6.07, 6.45) is 0. The minimum absolute atomic E-state index is 0.356. The Kier molecular flexibility index (Phi) is 6.12. The molecule has 0 N–H and O–H groups in total. The van der Waals surface area contributed by atoms with Crippen LogP contribution >= 0.6 is 11.8 Å². The standard InChI is InChI=1S/C17H19N2O3S/c1-4-21-15-11-17(16(22-5-2)10-14(15)19-18)23-13-8-6-12(20-3)7-9-13/h6-11H,4-5H2,1-3H3/q+1. The monoisotopic (exact) mass is 331 g/mol. The van der Waals surface area contributed by atoms with Crippen LogP contribution in [0.3, 0.4) is 0 Å². The molecule has 0 aliphatic rings. The second-order valence-electron chi connectivity index (χ2n) is 4.51. The molecule has 0 bridgehead atoms. The third kappa shape index (κ3) is 4.30. The molecule has 120 valence electrons. The summed E-state index contributed by atoms with van der Waals surface area (Å²) < 4.78 is 16.4. The summed E-state index contributed by atoms with van der Waals surface area (Å²) in [6, 6.07) is 11.3. The van der Waals surface area contributed by atoms with E-state index in [9.17, 15) is 0 Å². The van der Waals surface area contributed by atoms with Crippen LogP contribution in [0, 0.1) is 5.39 Å². The SMILES string of the molecule is CCOc1cc(Sc2ccc(OC)cc2)c(OCC)cc1[N+]#N. The molecule has 0 aliphatic carbocycles. The van der Waals surface area contributed by atoms with Gasteiger partial charge in [0, 0.05) is 11.0 Å². The number of diazo groups is 1. The molecule has 0 unspecified atom stereocenters. The van der Waals surface area contributed by atoms with Crippen LogP contribution in [-0.4, -0.2) is 20.3 Å². The third-order valence-corrected chi connectivity index (χ3v) is 4.07. The lowest BCUT2D eigenvalue weighted by Gasteiger charge is -2.11. The molecule has 0 fully saturated rings. The van der Waals surface area contributed by atoms with Crippen molar-refractivity contribution in [3.8, 4) is 17.2 Å². The molecule has 2 aromatic rings. The van der Waals surface area contributed by atoms with Crippen LogP contribution in [0.15, 0.2) is 46.2 Å². The maximum Gasteiger partial charge on any atom is 0.430 e. The van der Waals surface area contributed by atoms with Crippen molar-refractivity contribution in [1.29, 1.82) is 5.39 Å². The van der Waals surface area contributed by atoms with Gasteiger partial charge in [0.2, 0.25) is 11.1 Å². The molecule has 2 rings (SSSR count). The number of hydrogen-bond acceptors (Lipinski definition) is 5. The lowest BCUT2D eigenvalue weighted by Crippen LogP contribution is -1.96. The summed E-state index contributed by atoms with van der Waals surface area (Å²) >= 11 is 1.55. The minimum Gasteiger partial charge on any atom is -0.497 e. The van der Waals surface area contributed by atoms with Crippen molar-refractivity contribution in [3.05, 3.63) is 41.4 Å². The highest BCUT2D eigenvalue weighted by molar-refractivity contribution is 7.99. The fourth-order valence-corrected chi connectivity index (χ4v) is 2.91. The van der Waals surface area contributed by atoms with Gasteiger partial charge >= 0.3 is 5.69 Å². The Morgan fingerprint density at radius 3 is 2.22 bits per heavy atom. The predicted octanol–water partition coefficient (Wildman–Crippen LogP) is 5.13. The quantitative estimate of drug-likeness (QED) is 0.658. The van der Waals surface area contributed by atoms with E-state index in [1.165, 1.54) is 0 Å². The van der Waals surface area contributed by atoms with Gasteiger partial charge in [-0.15, -0.1) is 0 Å². The largest absolute Gasteiger partial charge is 0.497 e. The van der Waals surface area contributed by atoms with E-state index in [1.807, 2.05) is 44.2 Å². The van der Waals surface area contributed by atoms with E-state index >= 15 is 0 Å². The second-order valence-corrected chi connectivity index (χ2v) is 5.63. The van der Waals surface area contributed by atoms with Crippen molar-refractivity contribution >= 4 is 17.4 Å². The van der Waals surface area contributed by atoms with Crippen LogP contribution in [0.4, 0.5) is 5.69 Å². The highest BCUT2D eigenvalue weighted by Gasteiger charge is 2.21. The maximum absolute atomic E-state index is 9.14. The summed E-state index contributed by atoms with van der Waals surface area (Å²) in [5.74, 6) is 1.99. The van der Waals surface area contributed by atoms with Crippen molar-refractivity contribution in [2.24, 2.45) is 0 Å². The lowest BCUT2D eigenvalue weighted by atomic mass is 10.3. The van der Waals surface area contributed by atoms with Gasteiger partial charge in [0.25, 0.3) is 0 Å². The fraction of sp³-hybridized carbons (Fsp3) is 0.294. The normalized spacial score (nSPS) is 10.0. The molecule has 2 aromatic carbocycles. The van der Waals surface area contributed by atoms with Gasteiger partial charge in [-0.25, -0.2) is 0 Å². The first kappa shape index (κ1) is 17.0. The van der Waals surface area contributed by atoms with Gasteiger partial charge in [-0.3, -0.25) is 0 Å². The van der Waals surface area contributed by atoms with E-state index in [0.29, 0.717) is 30.4 Å². The Morgan fingerprint density at radius 1 is 1.00 bits per heavy atom. The van der Waals surface area contributed by atoms with Gasteiger partial charge in [-0.1, -0.05) is 11.8 Å². The first-order chi connectivity index (χ1) is 11.2. The Balaban J connectivity index is 2.37. The van der Waals surface area contributed by atoms with Crippen LogP contribution in [0.2, 0.25) is 0 Å². The molecule has 0 aromatic heterocycles. The zero-order valence-corrected chi connectivity index (χ0v) is 14.2. The van der Waals surface area contributed by atoms with Crippen molar-refractivity contribution in [3.63, 3.8) is 0 Å². The Labute approximate surface area is 140 Å². The van der Waals surface area contributed by atoms with E-state index in [0.717, 1.165) is 15.5 Å². The van der Waals surface area contributed by atoms with Gasteiger partial charge in [-0.05, 0) is 38.1 Å². The number of rotatable bonds is 7. The number of ether oxygens (including phenoxy) is 3. The highest BCUT2D eigenvalue weighted by Crippen LogP contribution is 2.42. The number of nitrogens with zero attached hydrogens (tertiary/aromatic N) is 2. The number of hydrogen-bond donors (Lipinski definition) is 0. The molecule has 0 amide bonds. The summed E-state index contributed by atoms with van der Waals surface area (Å²) in [5.41, 5.74) is 0.356. The molecule has 0 aliphatic heterocycles. The zero-order valence-electron chi connectivity index (χ0n) is 13.4. The molecule has 0 atom stereocenters. The summed E-state index contributed by atoms with van der Waals surface area (Å²) in [7, 11) is 1.64. The maximum atomic E-state index is 9.14. The molecular formula is C17H19N2O3S+. The molecular weight excluding hydrogens is 312 g/mol. The van der Waals surface area contributed by atoms with Crippen molar-refractivity contribution in [1.82, 2.24) is 0 Å². The Bertz CT molecular complexity index is 696. The van der Waals surface area contributed by atoms with Crippen LogP contribution in [0.5, 0.6) is 17.2 Å². The highest BCUT2D eigenvalue weighted by atomic mass is 32.2. The van der Waals surface area contributed by atoms with E-state index in [-0.39, 0.29) is 0 Å². The van der Waals surface area contributed by atoms with E-state index in [4.69, 9.17) is 19.6 Å². The smallest absolute Gasteiger partial charge is 0.430 e. The molecule has 6 heteroatoms. The van der Waals surface area contributed by atoms with Crippen LogP contribution < -0.4 is 14.2 Å². The first-order valence-corrected chi connectivity index (χ1v) is 8.14. The van der Waals surface area contributed by atoms with E-state index in [1.54, 1.807) is 24.9 Å². The summed E-state index contributed by atoms with van der Waals surface area (Å²) in [6.45, 7) is 4.81. The van der Waals surface area contributed by atoms with E-state index < -0.39 is 0 Å². The van der Waals surface area contributed by atoms with Gasteiger partial charge < -0.3 is 14.2 Å². The van der Waals surface area contributed by atoms with Crippen LogP contribution in [0.25, 0.3) is 4.98 Å². The van der Waals surface area contributed by atoms with E-state index in [2.05, 4.69) is 4.98 Å². The average molecular weight is 331 g/mol. The molecule has 0 saturated carbocycles. The van der Waals surface area contributed by atoms with Crippen LogP contribution in [-0.2, 0) is 0 Å². The molecule has 0 saturated heterocycles. The molecule has 0 heterocycles. The topological polar surface area (TPSA) is 55.8 Å². The number of benzene rings is 2. The first-order valence-electron chi connectivity index (χ1n) is 7.32. The van der Waals surface area contributed by atoms with Gasteiger partial charge in [0.05, 0.1) is 31.3 Å². The van der Waals surface area contributed by atoms with Crippen molar-refractivity contribution in [2.75, 3.05) is 20.3 Å². The Hall–Kier alpha value is -2.39.